The van der Waals surface area contributed by atoms with Crippen molar-refractivity contribution in [3.63, 3.8) is 0 Å². The summed E-state index contributed by atoms with van der Waals surface area (Å²) >= 11 is 3.19. The number of carbonyl (C=O) groups is 2. The average Bonchev–Trinajstić information content (AvgIpc) is 2.75. The lowest BCUT2D eigenvalue weighted by molar-refractivity contribution is 0.0523. The van der Waals surface area contributed by atoms with Crippen LogP contribution in [0.25, 0.3) is 0 Å². The molecule has 0 aliphatic rings. The summed E-state index contributed by atoms with van der Waals surface area (Å²) in [6.45, 7) is 11.2. The molecule has 0 radical (unpaired) electrons. The van der Waals surface area contributed by atoms with Gasteiger partial charge >= 0.3 is 12.2 Å². The Kier molecular flexibility index (Phi) is 15.1. The first-order valence-corrected chi connectivity index (χ1v) is 11.1. The molecule has 0 aromatic carbocycles. The van der Waals surface area contributed by atoms with Crippen LogP contribution in [-0.4, -0.2) is 56.4 Å². The third kappa shape index (κ3) is 21.9. The van der Waals surface area contributed by atoms with Crippen LogP contribution >= 0.6 is 15.9 Å². The molecule has 0 fully saturated rings. The van der Waals surface area contributed by atoms with Gasteiger partial charge in [-0.3, -0.25) is 0 Å². The highest BCUT2D eigenvalue weighted by Crippen LogP contribution is 2.06. The van der Waals surface area contributed by atoms with Gasteiger partial charge in [0.15, 0.2) is 0 Å². The summed E-state index contributed by atoms with van der Waals surface area (Å²) in [5, 5.41) is 4.93. The first-order valence-electron chi connectivity index (χ1n) is 10.3. The molecule has 35 heavy (non-hydrogen) atoms. The Balaban J connectivity index is 0.000000548. The molecule has 10 nitrogen and oxygen atoms in total. The molecule has 2 aromatic heterocycles. The number of carbonyl (C=O) groups excluding carboxylic acids is 2. The Morgan fingerprint density at radius 1 is 0.857 bits per heavy atom. The minimum absolute atomic E-state index is 0.203. The summed E-state index contributed by atoms with van der Waals surface area (Å²) in [4.78, 5) is 37.1. The predicted octanol–water partition coefficient (Wildman–Crippen LogP) is 3.74. The number of ether oxygens (including phenoxy) is 2. The molecule has 0 aliphatic carbocycles. The maximum Gasteiger partial charge on any atom is 0.408 e. The zero-order valence-corrected chi connectivity index (χ0v) is 22.3. The van der Waals surface area contributed by atoms with Crippen molar-refractivity contribution in [2.45, 2.75) is 52.7 Å². The molecule has 2 amide bonds. The summed E-state index contributed by atoms with van der Waals surface area (Å²) in [7, 11) is 0. The number of nitrogens with one attached hydrogen (secondary N) is 2. The Bertz CT molecular complexity index is 988. The van der Waals surface area contributed by atoms with Crippen molar-refractivity contribution in [1.29, 1.82) is 0 Å². The molecule has 0 bridgehead atoms. The molecule has 0 saturated heterocycles. The standard InChI is InChI=1S/C12H15N3O2.C8H13NO2.C4H3BrN2/c1-12(2,3)17-11(16)15-6-4-5-10-7-13-9-14-8-10;1-5-6-9-7(10)11-8(2,3)4;5-4-1-6-3-7-2-4/h7-9H,6H2,1-3H3,(H,15,16);1H,6H2,2-4H3,(H,9,10);1-3H. The summed E-state index contributed by atoms with van der Waals surface area (Å²) < 4.78 is 10.9. The first-order chi connectivity index (χ1) is 16.3. The smallest absolute Gasteiger partial charge is 0.408 e. The number of terminal acetylenes is 1. The van der Waals surface area contributed by atoms with Crippen LogP contribution in [0.2, 0.25) is 0 Å². The summed E-state index contributed by atoms with van der Waals surface area (Å²) in [6.07, 6.45) is 13.5. The molecule has 0 saturated carbocycles. The van der Waals surface area contributed by atoms with Crippen molar-refractivity contribution >= 4 is 28.1 Å². The second kappa shape index (κ2) is 16.8. The summed E-state index contributed by atoms with van der Waals surface area (Å²) in [5.41, 5.74) is -0.248. The second-order valence-corrected chi connectivity index (χ2v) is 9.32. The highest BCUT2D eigenvalue weighted by molar-refractivity contribution is 9.10. The summed E-state index contributed by atoms with van der Waals surface area (Å²) in [6, 6.07) is 0. The molecule has 11 heteroatoms. The molecular formula is C24H31BrN6O4. The fourth-order valence-electron chi connectivity index (χ4n) is 1.66. The van der Waals surface area contributed by atoms with Crippen LogP contribution in [0, 0.1) is 24.2 Å². The van der Waals surface area contributed by atoms with Gasteiger partial charge < -0.3 is 20.1 Å². The minimum Gasteiger partial charge on any atom is -0.444 e. The molecule has 0 aliphatic heterocycles. The van der Waals surface area contributed by atoms with E-state index in [9.17, 15) is 9.59 Å². The van der Waals surface area contributed by atoms with Crippen LogP contribution in [0.5, 0.6) is 0 Å². The van der Waals surface area contributed by atoms with Crippen molar-refractivity contribution < 1.29 is 19.1 Å². The molecule has 2 N–H and O–H groups in total. The lowest BCUT2D eigenvalue weighted by Gasteiger charge is -2.19. The zero-order valence-electron chi connectivity index (χ0n) is 20.8. The van der Waals surface area contributed by atoms with Gasteiger partial charge in [0, 0.05) is 24.8 Å². The van der Waals surface area contributed by atoms with E-state index < -0.39 is 23.4 Å². The molecule has 0 unspecified atom stereocenters. The van der Waals surface area contributed by atoms with E-state index in [0.717, 1.165) is 4.47 Å². The number of rotatable bonds is 2. The van der Waals surface area contributed by atoms with Crippen LogP contribution in [-0.2, 0) is 9.47 Å². The lowest BCUT2D eigenvalue weighted by Crippen LogP contribution is -2.32. The fourth-order valence-corrected chi connectivity index (χ4v) is 1.90. The van der Waals surface area contributed by atoms with E-state index in [0.29, 0.717) is 5.56 Å². The van der Waals surface area contributed by atoms with Gasteiger partial charge in [-0.25, -0.2) is 29.5 Å². The number of hydrogen-bond donors (Lipinski definition) is 2. The molecule has 2 aromatic rings. The van der Waals surface area contributed by atoms with E-state index in [2.05, 4.69) is 64.3 Å². The summed E-state index contributed by atoms with van der Waals surface area (Å²) in [5.74, 6) is 7.87. The number of hydrogen-bond acceptors (Lipinski definition) is 8. The topological polar surface area (TPSA) is 128 Å². The number of nitrogens with zero attached hydrogens (tertiary/aromatic N) is 4. The molecular weight excluding hydrogens is 516 g/mol. The highest BCUT2D eigenvalue weighted by Gasteiger charge is 2.15. The highest BCUT2D eigenvalue weighted by atomic mass is 79.9. The van der Waals surface area contributed by atoms with Crippen molar-refractivity contribution in [3.8, 4) is 24.2 Å². The van der Waals surface area contributed by atoms with Crippen molar-refractivity contribution in [1.82, 2.24) is 30.6 Å². The second-order valence-electron chi connectivity index (χ2n) is 8.40. The molecule has 188 valence electrons. The van der Waals surface area contributed by atoms with E-state index in [4.69, 9.17) is 15.9 Å². The van der Waals surface area contributed by atoms with E-state index in [1.54, 1.807) is 66.3 Å². The maximum atomic E-state index is 11.2. The van der Waals surface area contributed by atoms with Crippen LogP contribution in [0.1, 0.15) is 47.1 Å². The van der Waals surface area contributed by atoms with Gasteiger partial charge in [0.25, 0.3) is 0 Å². The number of aromatic nitrogens is 4. The van der Waals surface area contributed by atoms with Gasteiger partial charge in [0.05, 0.1) is 23.1 Å². The van der Waals surface area contributed by atoms with Gasteiger partial charge in [-0.05, 0) is 57.5 Å². The fraction of sp³-hybridized carbons (Fsp3) is 0.417. The predicted molar refractivity (Wildman–Crippen MR) is 136 cm³/mol. The molecule has 0 atom stereocenters. The normalized spacial score (nSPS) is 9.77. The van der Waals surface area contributed by atoms with Crippen LogP contribution in [0.15, 0.2) is 41.9 Å². The van der Waals surface area contributed by atoms with Crippen LogP contribution in [0.3, 0.4) is 0 Å². The monoisotopic (exact) mass is 546 g/mol. The van der Waals surface area contributed by atoms with Gasteiger partial charge in [-0.15, -0.1) is 6.42 Å². The maximum absolute atomic E-state index is 11.2. The van der Waals surface area contributed by atoms with E-state index in [1.807, 2.05) is 0 Å². The number of alkyl carbamates (subject to hydrolysis) is 2. The quantitative estimate of drug-likeness (QED) is 0.545. The van der Waals surface area contributed by atoms with Crippen molar-refractivity contribution in [2.24, 2.45) is 0 Å². The molecule has 2 heterocycles. The average molecular weight is 547 g/mol. The van der Waals surface area contributed by atoms with Gasteiger partial charge in [0.1, 0.15) is 23.9 Å². The SMILES string of the molecule is Brc1cncnc1.C#CCNC(=O)OC(C)(C)C.CC(C)(C)OC(=O)NCC#Cc1cncnc1. The van der Waals surface area contributed by atoms with E-state index >= 15 is 0 Å². The first kappa shape index (κ1) is 31.3. The largest absolute Gasteiger partial charge is 0.444 e. The van der Waals surface area contributed by atoms with E-state index in [-0.39, 0.29) is 13.1 Å². The van der Waals surface area contributed by atoms with Gasteiger partial charge in [0.2, 0.25) is 0 Å². The zero-order chi connectivity index (χ0) is 26.7. The Hall–Kier alpha value is -3.70. The van der Waals surface area contributed by atoms with Crippen LogP contribution < -0.4 is 10.6 Å². The molecule has 2 rings (SSSR count). The van der Waals surface area contributed by atoms with Crippen molar-refractivity contribution in [3.05, 3.63) is 47.5 Å². The number of halogens is 1. The Labute approximate surface area is 215 Å². The Morgan fingerprint density at radius 3 is 1.66 bits per heavy atom. The van der Waals surface area contributed by atoms with Crippen LogP contribution in [0.4, 0.5) is 9.59 Å². The number of amides is 2. The third-order valence-corrected chi connectivity index (χ3v) is 3.19. The van der Waals surface area contributed by atoms with Gasteiger partial charge in [-0.2, -0.15) is 0 Å². The lowest BCUT2D eigenvalue weighted by atomic mass is 10.2. The minimum atomic E-state index is -0.495. The van der Waals surface area contributed by atoms with E-state index in [1.165, 1.54) is 12.7 Å². The van der Waals surface area contributed by atoms with Crippen molar-refractivity contribution in [2.75, 3.05) is 13.1 Å². The molecule has 0 spiro atoms. The third-order valence-electron chi connectivity index (χ3n) is 2.78. The van der Waals surface area contributed by atoms with Gasteiger partial charge in [-0.1, -0.05) is 17.8 Å². The Morgan fingerprint density at radius 2 is 1.29 bits per heavy atom.